The Morgan fingerprint density at radius 3 is 2.83 bits per heavy atom. The van der Waals surface area contributed by atoms with Gasteiger partial charge in [-0.2, -0.15) is 4.80 Å². The molecule has 3 aromatic rings. The monoisotopic (exact) mass is 408 g/mol. The van der Waals surface area contributed by atoms with E-state index in [0.29, 0.717) is 37.8 Å². The van der Waals surface area contributed by atoms with Gasteiger partial charge in [0.2, 0.25) is 11.7 Å². The van der Waals surface area contributed by atoms with E-state index in [4.69, 9.17) is 0 Å². The predicted octanol–water partition coefficient (Wildman–Crippen LogP) is 2.70. The second kappa shape index (κ2) is 9.15. The van der Waals surface area contributed by atoms with Crippen molar-refractivity contribution in [3.63, 3.8) is 0 Å². The Kier molecular flexibility index (Phi) is 6.15. The summed E-state index contributed by atoms with van der Waals surface area (Å²) in [5.74, 6) is 2.02. The zero-order chi connectivity index (χ0) is 20.9. The van der Waals surface area contributed by atoms with Crippen LogP contribution in [-0.2, 0) is 11.3 Å². The van der Waals surface area contributed by atoms with Gasteiger partial charge in [0.05, 0.1) is 6.54 Å². The van der Waals surface area contributed by atoms with Gasteiger partial charge < -0.3 is 9.47 Å². The summed E-state index contributed by atoms with van der Waals surface area (Å²) in [5, 5.41) is 21.0. The Morgan fingerprint density at radius 2 is 2.03 bits per heavy atom. The fraction of sp³-hybridized carbons (Fsp3) is 0.524. The van der Waals surface area contributed by atoms with Crippen LogP contribution in [0.15, 0.2) is 36.7 Å². The van der Waals surface area contributed by atoms with E-state index in [1.807, 2.05) is 35.2 Å². The molecule has 1 aromatic carbocycles. The lowest BCUT2D eigenvalue weighted by Crippen LogP contribution is -2.39. The normalized spacial score (nSPS) is 16.9. The van der Waals surface area contributed by atoms with Crippen molar-refractivity contribution in [2.75, 3.05) is 13.1 Å². The van der Waals surface area contributed by atoms with Crippen LogP contribution in [0.5, 0.6) is 0 Å². The number of carbonyl (C=O) groups is 1. The highest BCUT2D eigenvalue weighted by Crippen LogP contribution is 2.27. The highest BCUT2D eigenvalue weighted by Gasteiger charge is 2.28. The van der Waals surface area contributed by atoms with Gasteiger partial charge in [-0.25, -0.2) is 0 Å². The lowest BCUT2D eigenvalue weighted by atomic mass is 9.96. The van der Waals surface area contributed by atoms with E-state index in [1.165, 1.54) is 0 Å². The largest absolute Gasteiger partial charge is 0.342 e. The Bertz CT molecular complexity index is 964. The van der Waals surface area contributed by atoms with E-state index in [2.05, 4.69) is 44.0 Å². The average molecular weight is 409 g/mol. The number of benzene rings is 1. The molecule has 1 amide bonds. The number of piperidine rings is 1. The lowest BCUT2D eigenvalue weighted by molar-refractivity contribution is -0.132. The molecular weight excluding hydrogens is 380 g/mol. The molecule has 30 heavy (non-hydrogen) atoms. The van der Waals surface area contributed by atoms with Gasteiger partial charge in [0, 0.05) is 37.0 Å². The fourth-order valence-corrected chi connectivity index (χ4v) is 3.93. The quantitative estimate of drug-likeness (QED) is 0.597. The number of amides is 1. The Hall–Kier alpha value is -3.10. The summed E-state index contributed by atoms with van der Waals surface area (Å²) in [6.07, 6.45) is 4.99. The fourth-order valence-electron chi connectivity index (χ4n) is 3.93. The number of aryl methyl sites for hydroxylation is 1. The minimum Gasteiger partial charge on any atom is -0.342 e. The second-order valence-electron chi connectivity index (χ2n) is 8.05. The minimum absolute atomic E-state index is 0.179. The summed E-state index contributed by atoms with van der Waals surface area (Å²) >= 11 is 0. The molecule has 0 bridgehead atoms. The molecule has 0 saturated carbocycles. The van der Waals surface area contributed by atoms with Crippen LogP contribution in [-0.4, -0.2) is 58.9 Å². The Morgan fingerprint density at radius 1 is 1.20 bits per heavy atom. The summed E-state index contributed by atoms with van der Waals surface area (Å²) in [5.41, 5.74) is 0.938. The zero-order valence-electron chi connectivity index (χ0n) is 17.6. The average Bonchev–Trinajstić information content (AvgIpc) is 3.44. The SMILES string of the molecule is CC(C)n1cnnc1C1CCCN(C(=O)CCCn2nnc(-c3ccccc3)n2)C1. The van der Waals surface area contributed by atoms with E-state index in [0.717, 1.165) is 30.8 Å². The van der Waals surface area contributed by atoms with Crippen molar-refractivity contribution < 1.29 is 4.79 Å². The van der Waals surface area contributed by atoms with Gasteiger partial charge in [0.1, 0.15) is 12.2 Å². The standard InChI is InChI=1S/C21H28N8O/c1-16(2)28-15-22-24-21(28)18-10-6-12-27(14-18)19(30)11-7-13-29-25-20(23-26-29)17-8-4-3-5-9-17/h3-5,8-9,15-16,18H,6-7,10-14H2,1-2H3. The first-order valence-corrected chi connectivity index (χ1v) is 10.6. The number of aromatic nitrogens is 7. The molecule has 0 spiro atoms. The van der Waals surface area contributed by atoms with E-state index < -0.39 is 0 Å². The number of likely N-dealkylation sites (tertiary alicyclic amines) is 1. The molecule has 1 fully saturated rings. The number of tetrazole rings is 1. The number of hydrogen-bond acceptors (Lipinski definition) is 6. The van der Waals surface area contributed by atoms with Crippen LogP contribution in [0.4, 0.5) is 0 Å². The Balaban J connectivity index is 1.29. The zero-order valence-corrected chi connectivity index (χ0v) is 17.6. The maximum Gasteiger partial charge on any atom is 0.222 e. The highest BCUT2D eigenvalue weighted by atomic mass is 16.2. The maximum absolute atomic E-state index is 12.8. The smallest absolute Gasteiger partial charge is 0.222 e. The maximum atomic E-state index is 12.8. The molecule has 9 nitrogen and oxygen atoms in total. The van der Waals surface area contributed by atoms with Gasteiger partial charge >= 0.3 is 0 Å². The third kappa shape index (κ3) is 4.55. The van der Waals surface area contributed by atoms with Crippen LogP contribution in [0, 0.1) is 0 Å². The molecule has 0 N–H and O–H groups in total. The van der Waals surface area contributed by atoms with Gasteiger partial charge in [0.15, 0.2) is 0 Å². The van der Waals surface area contributed by atoms with E-state index in [-0.39, 0.29) is 11.8 Å². The molecule has 1 atom stereocenters. The Labute approximate surface area is 176 Å². The van der Waals surface area contributed by atoms with Gasteiger partial charge in [-0.1, -0.05) is 30.3 Å². The van der Waals surface area contributed by atoms with Crippen molar-refractivity contribution in [1.82, 2.24) is 39.9 Å². The van der Waals surface area contributed by atoms with Crippen LogP contribution < -0.4 is 0 Å². The van der Waals surface area contributed by atoms with E-state index >= 15 is 0 Å². The summed E-state index contributed by atoms with van der Waals surface area (Å²) in [6.45, 7) is 6.35. The molecule has 9 heteroatoms. The molecule has 4 rings (SSSR count). The topological polar surface area (TPSA) is 94.6 Å². The molecular formula is C21H28N8O. The van der Waals surface area contributed by atoms with E-state index in [9.17, 15) is 4.79 Å². The molecule has 1 saturated heterocycles. The molecule has 1 aliphatic rings. The van der Waals surface area contributed by atoms with Crippen molar-refractivity contribution >= 4 is 5.91 Å². The van der Waals surface area contributed by atoms with Crippen LogP contribution in [0.3, 0.4) is 0 Å². The van der Waals surface area contributed by atoms with Crippen molar-refractivity contribution in [1.29, 1.82) is 0 Å². The number of hydrogen-bond donors (Lipinski definition) is 0. The van der Waals surface area contributed by atoms with Crippen molar-refractivity contribution in [3.05, 3.63) is 42.5 Å². The van der Waals surface area contributed by atoms with Crippen LogP contribution in [0.25, 0.3) is 11.4 Å². The molecule has 158 valence electrons. The predicted molar refractivity (Wildman–Crippen MR) is 111 cm³/mol. The minimum atomic E-state index is 0.179. The van der Waals surface area contributed by atoms with Crippen molar-refractivity contribution in [2.24, 2.45) is 0 Å². The molecule has 3 heterocycles. The summed E-state index contributed by atoms with van der Waals surface area (Å²) in [7, 11) is 0. The number of carbonyl (C=O) groups excluding carboxylic acids is 1. The summed E-state index contributed by atoms with van der Waals surface area (Å²) in [6, 6.07) is 10.1. The number of nitrogens with zero attached hydrogens (tertiary/aromatic N) is 8. The van der Waals surface area contributed by atoms with Crippen molar-refractivity contribution in [2.45, 2.75) is 58.0 Å². The van der Waals surface area contributed by atoms with Crippen LogP contribution in [0.1, 0.15) is 57.3 Å². The molecule has 0 radical (unpaired) electrons. The molecule has 1 aliphatic heterocycles. The molecule has 0 aliphatic carbocycles. The number of rotatable bonds is 7. The summed E-state index contributed by atoms with van der Waals surface area (Å²) in [4.78, 5) is 16.3. The van der Waals surface area contributed by atoms with Gasteiger partial charge in [0.25, 0.3) is 0 Å². The second-order valence-corrected chi connectivity index (χ2v) is 8.05. The molecule has 2 aromatic heterocycles. The van der Waals surface area contributed by atoms with E-state index in [1.54, 1.807) is 11.1 Å². The van der Waals surface area contributed by atoms with Gasteiger partial charge in [-0.3, -0.25) is 4.79 Å². The first-order valence-electron chi connectivity index (χ1n) is 10.6. The van der Waals surface area contributed by atoms with Crippen LogP contribution in [0.2, 0.25) is 0 Å². The van der Waals surface area contributed by atoms with Crippen LogP contribution >= 0.6 is 0 Å². The molecule has 1 unspecified atom stereocenters. The highest BCUT2D eigenvalue weighted by molar-refractivity contribution is 5.76. The van der Waals surface area contributed by atoms with Gasteiger partial charge in [-0.05, 0) is 38.3 Å². The first kappa shape index (κ1) is 20.2. The third-order valence-electron chi connectivity index (χ3n) is 5.53. The first-order chi connectivity index (χ1) is 14.6. The van der Waals surface area contributed by atoms with Crippen molar-refractivity contribution in [3.8, 4) is 11.4 Å². The lowest BCUT2D eigenvalue weighted by Gasteiger charge is -2.32. The van der Waals surface area contributed by atoms with Gasteiger partial charge in [-0.15, -0.1) is 20.4 Å². The summed E-state index contributed by atoms with van der Waals surface area (Å²) < 4.78 is 2.11. The third-order valence-corrected chi connectivity index (χ3v) is 5.53.